The first-order valence-electron chi connectivity index (χ1n) is 10.2. The van der Waals surface area contributed by atoms with Crippen LogP contribution < -0.4 is 5.32 Å². The molecule has 1 fully saturated rings. The molecule has 2 aliphatic heterocycles. The third kappa shape index (κ3) is 5.19. The van der Waals surface area contributed by atoms with Gasteiger partial charge in [-0.05, 0) is 18.2 Å². The van der Waals surface area contributed by atoms with E-state index < -0.39 is 61.1 Å². The van der Waals surface area contributed by atoms with Gasteiger partial charge in [0.15, 0.2) is 0 Å². The van der Waals surface area contributed by atoms with Crippen LogP contribution in [0.15, 0.2) is 45.9 Å². The quantitative estimate of drug-likeness (QED) is 0.433. The van der Waals surface area contributed by atoms with E-state index >= 15 is 0 Å². The smallest absolute Gasteiger partial charge is 0.338 e. The van der Waals surface area contributed by atoms with Gasteiger partial charge in [-0.3, -0.25) is 14.7 Å². The molecule has 0 bridgehead atoms. The fourth-order valence-corrected chi connectivity index (χ4v) is 5.05. The number of aliphatic imine (C=N–C) groups is 1. The fourth-order valence-electron chi connectivity index (χ4n) is 4.08. The summed E-state index contributed by atoms with van der Waals surface area (Å²) in [7, 11) is 1.11. The number of hydrogen-bond donors (Lipinski definition) is 2. The first-order valence-corrected chi connectivity index (χ1v) is 11.4. The van der Waals surface area contributed by atoms with Crippen molar-refractivity contribution in [1.29, 1.82) is 0 Å². The second-order valence-electron chi connectivity index (χ2n) is 8.00. The predicted molar refractivity (Wildman–Crippen MR) is 120 cm³/mol. The van der Waals surface area contributed by atoms with Crippen molar-refractivity contribution >= 4 is 40.7 Å². The minimum atomic E-state index is -3.25. The van der Waals surface area contributed by atoms with E-state index in [0.29, 0.717) is 4.88 Å². The molecule has 0 aliphatic carbocycles. The van der Waals surface area contributed by atoms with E-state index in [0.717, 1.165) is 35.5 Å². The molecular formula is C22H18ClF4N3O4S. The van der Waals surface area contributed by atoms with Gasteiger partial charge in [0, 0.05) is 34.6 Å². The molecule has 1 aromatic carbocycles. The van der Waals surface area contributed by atoms with E-state index in [1.807, 2.05) is 0 Å². The Hall–Kier alpha value is -2.96. The second-order valence-corrected chi connectivity index (χ2v) is 9.32. The first-order chi connectivity index (χ1) is 16.5. The number of carbonyl (C=O) groups excluding carboxylic acids is 1. The monoisotopic (exact) mass is 531 g/mol. The minimum Gasteiger partial charge on any atom is -0.480 e. The van der Waals surface area contributed by atoms with Crippen LogP contribution in [0.25, 0.3) is 0 Å². The zero-order valence-electron chi connectivity index (χ0n) is 18.0. The number of alkyl halides is 2. The number of ether oxygens (including phenoxy) is 1. The van der Waals surface area contributed by atoms with Crippen LogP contribution in [-0.4, -0.2) is 59.9 Å². The number of esters is 1. The lowest BCUT2D eigenvalue weighted by Crippen LogP contribution is -2.43. The van der Waals surface area contributed by atoms with Gasteiger partial charge >= 0.3 is 11.9 Å². The Morgan fingerprint density at radius 2 is 2.06 bits per heavy atom. The number of halogens is 5. The number of carbonyl (C=O) groups is 2. The van der Waals surface area contributed by atoms with Gasteiger partial charge in [-0.25, -0.2) is 22.4 Å². The van der Waals surface area contributed by atoms with Crippen molar-refractivity contribution in [3.8, 4) is 0 Å². The summed E-state index contributed by atoms with van der Waals surface area (Å²) in [6, 6.07) is 1.96. The van der Waals surface area contributed by atoms with E-state index in [9.17, 15) is 32.3 Å². The van der Waals surface area contributed by atoms with E-state index in [-0.39, 0.29) is 27.7 Å². The molecule has 0 unspecified atom stereocenters. The van der Waals surface area contributed by atoms with Gasteiger partial charge < -0.3 is 15.2 Å². The summed E-state index contributed by atoms with van der Waals surface area (Å²) in [5.41, 5.74) is 0.120. The molecule has 3 heterocycles. The van der Waals surface area contributed by atoms with Crippen molar-refractivity contribution in [2.24, 2.45) is 4.99 Å². The number of benzene rings is 1. The molecule has 0 saturated carbocycles. The number of rotatable bonds is 6. The molecule has 4 rings (SSSR count). The van der Waals surface area contributed by atoms with Crippen LogP contribution in [0.4, 0.5) is 17.6 Å². The Balaban J connectivity index is 1.85. The van der Waals surface area contributed by atoms with E-state index in [4.69, 9.17) is 16.3 Å². The highest BCUT2D eigenvalue weighted by atomic mass is 35.5. The average molecular weight is 532 g/mol. The Morgan fingerprint density at radius 3 is 2.66 bits per heavy atom. The van der Waals surface area contributed by atoms with Crippen LogP contribution in [0.1, 0.15) is 22.9 Å². The van der Waals surface area contributed by atoms with Crippen LogP contribution in [0, 0.1) is 11.6 Å². The molecule has 35 heavy (non-hydrogen) atoms. The highest BCUT2D eigenvalue weighted by Crippen LogP contribution is 2.38. The molecule has 7 nitrogen and oxygen atoms in total. The molecular weight excluding hydrogens is 514 g/mol. The van der Waals surface area contributed by atoms with Crippen molar-refractivity contribution in [3.05, 3.63) is 68.0 Å². The number of methoxy groups -OCH3 is 1. The maximum Gasteiger partial charge on any atom is 0.338 e. The number of carboxylic acid groups (broad SMARTS) is 1. The zero-order chi connectivity index (χ0) is 25.5. The summed E-state index contributed by atoms with van der Waals surface area (Å²) >= 11 is 7.24. The van der Waals surface area contributed by atoms with Crippen molar-refractivity contribution in [2.75, 3.05) is 20.2 Å². The van der Waals surface area contributed by atoms with Crippen LogP contribution in [-0.2, 0) is 14.3 Å². The SMILES string of the molecule is COC(=O)C1=C(CN2CC(F)(F)C[C@H]2C(=O)O)NC(c2cc(F)cs2)=N[C@H]1c1ccc(F)cc1Cl. The molecule has 2 aromatic rings. The van der Waals surface area contributed by atoms with Crippen molar-refractivity contribution in [3.63, 3.8) is 0 Å². The van der Waals surface area contributed by atoms with Gasteiger partial charge in [0.25, 0.3) is 5.92 Å². The highest BCUT2D eigenvalue weighted by Gasteiger charge is 2.49. The number of thiophene rings is 1. The molecule has 0 radical (unpaired) electrons. The number of carboxylic acids is 1. The van der Waals surface area contributed by atoms with Gasteiger partial charge in [-0.1, -0.05) is 17.7 Å². The summed E-state index contributed by atoms with van der Waals surface area (Å²) in [6.07, 6.45) is -0.895. The zero-order valence-corrected chi connectivity index (χ0v) is 19.6. The molecule has 2 atom stereocenters. The van der Waals surface area contributed by atoms with Crippen LogP contribution >= 0.6 is 22.9 Å². The van der Waals surface area contributed by atoms with Crippen LogP contribution in [0.3, 0.4) is 0 Å². The summed E-state index contributed by atoms with van der Waals surface area (Å²) < 4.78 is 60.6. The van der Waals surface area contributed by atoms with Crippen molar-refractivity contribution in [2.45, 2.75) is 24.4 Å². The summed E-state index contributed by atoms with van der Waals surface area (Å²) in [5, 5.41) is 13.5. The van der Waals surface area contributed by atoms with E-state index in [1.54, 1.807) is 0 Å². The van der Waals surface area contributed by atoms with Crippen LogP contribution in [0.2, 0.25) is 5.02 Å². The Labute approximate surface area is 205 Å². The Bertz CT molecular complexity index is 1250. The third-order valence-corrected chi connectivity index (χ3v) is 6.84. The molecule has 1 saturated heterocycles. The first kappa shape index (κ1) is 25.1. The summed E-state index contributed by atoms with van der Waals surface area (Å²) in [5.74, 6) is -6.65. The number of likely N-dealkylation sites (tertiary alicyclic amines) is 1. The lowest BCUT2D eigenvalue weighted by Gasteiger charge is -2.30. The lowest BCUT2D eigenvalue weighted by molar-refractivity contribution is -0.142. The van der Waals surface area contributed by atoms with Gasteiger partial charge in [0.2, 0.25) is 0 Å². The number of hydrogen-bond acceptors (Lipinski definition) is 7. The Kier molecular flexibility index (Phi) is 6.89. The third-order valence-electron chi connectivity index (χ3n) is 5.60. The maximum absolute atomic E-state index is 14.1. The van der Waals surface area contributed by atoms with Gasteiger partial charge in [-0.2, -0.15) is 0 Å². The van der Waals surface area contributed by atoms with Gasteiger partial charge in [0.05, 0.1) is 24.1 Å². The second kappa shape index (κ2) is 9.59. The van der Waals surface area contributed by atoms with E-state index in [1.165, 1.54) is 17.5 Å². The highest BCUT2D eigenvalue weighted by molar-refractivity contribution is 7.12. The summed E-state index contributed by atoms with van der Waals surface area (Å²) in [4.78, 5) is 30.3. The number of amidine groups is 1. The average Bonchev–Trinajstić information content (AvgIpc) is 3.35. The van der Waals surface area contributed by atoms with Crippen molar-refractivity contribution in [1.82, 2.24) is 10.2 Å². The minimum absolute atomic E-state index is 0.0324. The lowest BCUT2D eigenvalue weighted by atomic mass is 9.95. The molecule has 2 aliphatic rings. The number of nitrogens with one attached hydrogen (secondary N) is 1. The van der Waals surface area contributed by atoms with Gasteiger partial charge in [-0.15, -0.1) is 11.3 Å². The predicted octanol–water partition coefficient (Wildman–Crippen LogP) is 3.99. The topological polar surface area (TPSA) is 91.2 Å². The largest absolute Gasteiger partial charge is 0.480 e. The molecule has 0 amide bonds. The van der Waals surface area contributed by atoms with Gasteiger partial charge in [0.1, 0.15) is 29.6 Å². The molecule has 0 spiro atoms. The Morgan fingerprint density at radius 1 is 1.31 bits per heavy atom. The van der Waals surface area contributed by atoms with Crippen LogP contribution in [0.5, 0.6) is 0 Å². The fraction of sp³-hybridized carbons (Fsp3) is 0.318. The molecule has 13 heteroatoms. The van der Waals surface area contributed by atoms with E-state index in [2.05, 4.69) is 10.3 Å². The molecule has 1 aromatic heterocycles. The normalized spacial score (nSPS) is 22.1. The molecule has 2 N–H and O–H groups in total. The number of nitrogens with zero attached hydrogens (tertiary/aromatic N) is 2. The molecule has 186 valence electrons. The van der Waals surface area contributed by atoms with Crippen molar-refractivity contribution < 1.29 is 37.0 Å². The summed E-state index contributed by atoms with van der Waals surface area (Å²) in [6.45, 7) is -1.26. The standard InChI is InChI=1S/C22H18ClF4N3O4S/c1-34-21(33)17-14(7-30-9-22(26,27)6-15(30)20(31)32)28-19(16-5-11(25)8-35-16)29-18(17)12-3-2-10(24)4-13(12)23/h2-5,8,15,18H,6-7,9H2,1H3,(H,28,29)(H,31,32)/t15-,18-/m0/s1. The maximum atomic E-state index is 14.1. The number of aliphatic carboxylic acids is 1.